The van der Waals surface area contributed by atoms with Crippen LogP contribution in [0.1, 0.15) is 0 Å². The van der Waals surface area contributed by atoms with Crippen LogP contribution in [0, 0.1) is 0 Å². The molecule has 0 spiro atoms. The minimum atomic E-state index is 0.496. The summed E-state index contributed by atoms with van der Waals surface area (Å²) < 4.78 is 6.17. The predicted octanol–water partition coefficient (Wildman–Crippen LogP) is 2.34. The van der Waals surface area contributed by atoms with Crippen LogP contribution in [0.3, 0.4) is 0 Å². The van der Waals surface area contributed by atoms with E-state index in [9.17, 15) is 0 Å². The fourth-order valence-corrected chi connectivity index (χ4v) is 2.65. The third-order valence-corrected chi connectivity index (χ3v) is 3.50. The van der Waals surface area contributed by atoms with Crippen molar-refractivity contribution in [3.63, 3.8) is 0 Å². The molecule has 0 amide bonds. The topological polar surface area (TPSA) is 73.9 Å². The lowest BCUT2D eigenvalue weighted by molar-refractivity contribution is 0.402. The van der Waals surface area contributed by atoms with E-state index in [1.807, 2.05) is 12.1 Å². The van der Waals surface area contributed by atoms with Crippen molar-refractivity contribution >= 4 is 26.7 Å². The number of anilines is 1. The number of hydrogen-bond donors (Lipinski definition) is 1. The number of pyridine rings is 2. The van der Waals surface area contributed by atoms with Gasteiger partial charge in [-0.2, -0.15) is 0 Å². The van der Waals surface area contributed by atoms with E-state index in [-0.39, 0.29) is 0 Å². The first-order valence-electron chi connectivity index (χ1n) is 5.29. The standard InChI is InChI=1S/C12H10N4OS/c1-17-11-9-10(18-12(13)16-9)8(6-15-11)7-2-4-14-5-3-7/h2-6H,1H3,(H2,13,16). The molecule has 3 aromatic rings. The van der Waals surface area contributed by atoms with Crippen molar-refractivity contribution in [2.24, 2.45) is 0 Å². The fraction of sp³-hybridized carbons (Fsp3) is 0.0833. The van der Waals surface area contributed by atoms with Gasteiger partial charge in [0.2, 0.25) is 5.88 Å². The first-order valence-corrected chi connectivity index (χ1v) is 6.10. The van der Waals surface area contributed by atoms with E-state index in [4.69, 9.17) is 10.5 Å². The van der Waals surface area contributed by atoms with Crippen molar-refractivity contribution in [3.8, 4) is 17.0 Å². The van der Waals surface area contributed by atoms with E-state index in [1.54, 1.807) is 25.7 Å². The van der Waals surface area contributed by atoms with Crippen molar-refractivity contribution < 1.29 is 4.74 Å². The van der Waals surface area contributed by atoms with Crippen LogP contribution in [0.2, 0.25) is 0 Å². The molecule has 3 heterocycles. The summed E-state index contributed by atoms with van der Waals surface area (Å²) in [4.78, 5) is 12.5. The molecule has 0 atom stereocenters. The Morgan fingerprint density at radius 2 is 2.06 bits per heavy atom. The van der Waals surface area contributed by atoms with Crippen LogP contribution >= 0.6 is 11.3 Å². The normalized spacial score (nSPS) is 10.7. The highest BCUT2D eigenvalue weighted by Gasteiger charge is 2.14. The summed E-state index contributed by atoms with van der Waals surface area (Å²) in [5, 5.41) is 0.506. The van der Waals surface area contributed by atoms with E-state index in [2.05, 4.69) is 15.0 Å². The van der Waals surface area contributed by atoms with Crippen LogP contribution in [0.25, 0.3) is 21.3 Å². The molecule has 0 aliphatic heterocycles. The molecular formula is C12H10N4OS. The molecule has 0 aromatic carbocycles. The van der Waals surface area contributed by atoms with Gasteiger partial charge in [0.05, 0.1) is 11.8 Å². The highest BCUT2D eigenvalue weighted by Crippen LogP contribution is 2.36. The Hall–Kier alpha value is -2.21. The van der Waals surface area contributed by atoms with Crippen LogP contribution < -0.4 is 10.5 Å². The monoisotopic (exact) mass is 258 g/mol. The third kappa shape index (κ3) is 1.67. The Labute approximate surface area is 107 Å². The van der Waals surface area contributed by atoms with Crippen LogP contribution in [-0.4, -0.2) is 22.1 Å². The molecule has 3 aromatic heterocycles. The van der Waals surface area contributed by atoms with Crippen molar-refractivity contribution in [2.45, 2.75) is 0 Å². The van der Waals surface area contributed by atoms with Gasteiger partial charge < -0.3 is 10.5 Å². The molecule has 0 aliphatic carbocycles. The Bertz CT molecular complexity index is 696. The fourth-order valence-electron chi connectivity index (χ4n) is 1.79. The summed E-state index contributed by atoms with van der Waals surface area (Å²) in [6.45, 7) is 0. The van der Waals surface area contributed by atoms with Crippen molar-refractivity contribution in [1.29, 1.82) is 0 Å². The van der Waals surface area contributed by atoms with Crippen LogP contribution in [0.4, 0.5) is 5.13 Å². The molecule has 6 heteroatoms. The number of thiazole rings is 1. The van der Waals surface area contributed by atoms with E-state index < -0.39 is 0 Å². The molecule has 0 aliphatic rings. The number of aromatic nitrogens is 3. The Balaban J connectivity index is 2.31. The summed E-state index contributed by atoms with van der Waals surface area (Å²) in [6, 6.07) is 3.86. The lowest BCUT2D eigenvalue weighted by Crippen LogP contribution is -1.90. The number of fused-ring (bicyclic) bond motifs is 1. The maximum atomic E-state index is 5.77. The number of rotatable bonds is 2. The van der Waals surface area contributed by atoms with E-state index in [1.165, 1.54) is 11.3 Å². The molecule has 5 nitrogen and oxygen atoms in total. The lowest BCUT2D eigenvalue weighted by atomic mass is 10.1. The second kappa shape index (κ2) is 4.23. The maximum absolute atomic E-state index is 5.77. The third-order valence-electron chi connectivity index (χ3n) is 2.59. The summed E-state index contributed by atoms with van der Waals surface area (Å²) in [6.07, 6.45) is 5.26. The molecule has 18 heavy (non-hydrogen) atoms. The molecular weight excluding hydrogens is 248 g/mol. The van der Waals surface area contributed by atoms with E-state index in [0.29, 0.717) is 16.5 Å². The van der Waals surface area contributed by atoms with Gasteiger partial charge in [-0.05, 0) is 17.7 Å². The molecule has 0 saturated carbocycles. The minimum Gasteiger partial charge on any atom is -0.479 e. The van der Waals surface area contributed by atoms with Gasteiger partial charge in [0.25, 0.3) is 0 Å². The number of nitrogen functional groups attached to an aromatic ring is 1. The molecule has 90 valence electrons. The summed E-state index contributed by atoms with van der Waals surface area (Å²) >= 11 is 1.43. The van der Waals surface area contributed by atoms with Gasteiger partial charge >= 0.3 is 0 Å². The summed E-state index contributed by atoms with van der Waals surface area (Å²) in [5.41, 5.74) is 8.50. The van der Waals surface area contributed by atoms with Crippen molar-refractivity contribution in [3.05, 3.63) is 30.7 Å². The van der Waals surface area contributed by atoms with Crippen LogP contribution in [0.15, 0.2) is 30.7 Å². The molecule has 0 fully saturated rings. The second-order valence-corrected chi connectivity index (χ2v) is 4.68. The van der Waals surface area contributed by atoms with Gasteiger partial charge in [0.15, 0.2) is 5.13 Å². The zero-order valence-electron chi connectivity index (χ0n) is 9.62. The van der Waals surface area contributed by atoms with Crippen molar-refractivity contribution in [1.82, 2.24) is 15.0 Å². The first kappa shape index (κ1) is 10.9. The average Bonchev–Trinajstić information content (AvgIpc) is 2.80. The maximum Gasteiger partial charge on any atom is 0.241 e. The quantitative estimate of drug-likeness (QED) is 0.763. The predicted molar refractivity (Wildman–Crippen MR) is 71.6 cm³/mol. The van der Waals surface area contributed by atoms with Crippen LogP contribution in [0.5, 0.6) is 5.88 Å². The van der Waals surface area contributed by atoms with E-state index in [0.717, 1.165) is 15.8 Å². The SMILES string of the molecule is COc1ncc(-c2ccncc2)c2sc(N)nc12. The number of nitrogens with two attached hydrogens (primary N) is 1. The van der Waals surface area contributed by atoms with Crippen molar-refractivity contribution in [2.75, 3.05) is 12.8 Å². The molecule has 0 unspecified atom stereocenters. The van der Waals surface area contributed by atoms with Gasteiger partial charge in [-0.1, -0.05) is 11.3 Å². The number of nitrogens with zero attached hydrogens (tertiary/aromatic N) is 3. The summed E-state index contributed by atoms with van der Waals surface area (Å²) in [7, 11) is 1.57. The highest BCUT2D eigenvalue weighted by atomic mass is 32.1. The van der Waals surface area contributed by atoms with Gasteiger partial charge in [0.1, 0.15) is 5.52 Å². The zero-order chi connectivity index (χ0) is 12.5. The Morgan fingerprint density at radius 1 is 1.28 bits per heavy atom. The number of ether oxygens (including phenoxy) is 1. The smallest absolute Gasteiger partial charge is 0.241 e. The molecule has 3 rings (SSSR count). The minimum absolute atomic E-state index is 0.496. The number of hydrogen-bond acceptors (Lipinski definition) is 6. The molecule has 0 bridgehead atoms. The average molecular weight is 258 g/mol. The van der Waals surface area contributed by atoms with Gasteiger partial charge in [-0.3, -0.25) is 4.98 Å². The second-order valence-electron chi connectivity index (χ2n) is 3.65. The number of methoxy groups -OCH3 is 1. The van der Waals surface area contributed by atoms with E-state index >= 15 is 0 Å². The van der Waals surface area contributed by atoms with Gasteiger partial charge in [-0.15, -0.1) is 0 Å². The molecule has 2 N–H and O–H groups in total. The summed E-state index contributed by atoms with van der Waals surface area (Å²) in [5.74, 6) is 0.496. The van der Waals surface area contributed by atoms with Gasteiger partial charge in [0, 0.05) is 24.2 Å². The first-order chi connectivity index (χ1) is 8.79. The zero-order valence-corrected chi connectivity index (χ0v) is 10.4. The van der Waals surface area contributed by atoms with Gasteiger partial charge in [-0.25, -0.2) is 9.97 Å². The Kier molecular flexibility index (Phi) is 2.56. The molecule has 0 saturated heterocycles. The largest absolute Gasteiger partial charge is 0.479 e. The lowest BCUT2D eigenvalue weighted by Gasteiger charge is -2.04. The highest BCUT2D eigenvalue weighted by molar-refractivity contribution is 7.22. The molecule has 0 radical (unpaired) electrons. The van der Waals surface area contributed by atoms with Crippen LogP contribution in [-0.2, 0) is 0 Å². The Morgan fingerprint density at radius 3 is 2.78 bits per heavy atom.